The molecule has 90 valence electrons. The number of benzene rings is 1. The minimum atomic E-state index is -0.195. The summed E-state index contributed by atoms with van der Waals surface area (Å²) >= 11 is 0. The van der Waals surface area contributed by atoms with E-state index in [2.05, 4.69) is 10.5 Å². The van der Waals surface area contributed by atoms with Crippen LogP contribution >= 0.6 is 0 Å². The molecule has 0 bridgehead atoms. The fourth-order valence-corrected chi connectivity index (χ4v) is 1.57. The molecule has 1 N–H and O–H groups in total. The third kappa shape index (κ3) is 3.06. The average molecular weight is 231 g/mol. The van der Waals surface area contributed by atoms with Crippen molar-refractivity contribution in [1.82, 2.24) is 10.3 Å². The minimum absolute atomic E-state index is 0.195. The van der Waals surface area contributed by atoms with E-state index in [1.807, 2.05) is 30.3 Å². The van der Waals surface area contributed by atoms with Gasteiger partial charge in [-0.2, -0.15) is 5.10 Å². The van der Waals surface area contributed by atoms with E-state index in [1.54, 1.807) is 14.1 Å². The zero-order chi connectivity index (χ0) is 12.3. The Morgan fingerprint density at radius 1 is 1.29 bits per heavy atom. The van der Waals surface area contributed by atoms with Crippen LogP contribution in [-0.2, 0) is 0 Å². The molecule has 4 heteroatoms. The van der Waals surface area contributed by atoms with Crippen molar-refractivity contribution in [3.8, 4) is 0 Å². The maximum atomic E-state index is 11.4. The molecule has 1 aliphatic rings. The topological polar surface area (TPSA) is 44.7 Å². The van der Waals surface area contributed by atoms with Crippen molar-refractivity contribution in [1.29, 1.82) is 0 Å². The lowest BCUT2D eigenvalue weighted by Gasteiger charge is -2.10. The Labute approximate surface area is 101 Å². The van der Waals surface area contributed by atoms with Crippen LogP contribution in [0.1, 0.15) is 18.4 Å². The SMILES string of the molecule is CN(C)C(=O)NN=C(c1ccccc1)C1CC1. The largest absolute Gasteiger partial charge is 0.337 e. The summed E-state index contributed by atoms with van der Waals surface area (Å²) in [5, 5.41) is 4.25. The third-order valence-electron chi connectivity index (χ3n) is 2.71. The first-order chi connectivity index (χ1) is 8.18. The summed E-state index contributed by atoms with van der Waals surface area (Å²) in [6.07, 6.45) is 2.32. The van der Waals surface area contributed by atoms with Crippen LogP contribution in [0, 0.1) is 5.92 Å². The van der Waals surface area contributed by atoms with E-state index in [0.717, 1.165) is 24.1 Å². The average Bonchev–Trinajstić information content (AvgIpc) is 3.15. The Hall–Kier alpha value is -1.84. The van der Waals surface area contributed by atoms with Gasteiger partial charge >= 0.3 is 6.03 Å². The van der Waals surface area contributed by atoms with E-state index in [9.17, 15) is 4.79 Å². The van der Waals surface area contributed by atoms with Crippen molar-refractivity contribution in [3.63, 3.8) is 0 Å². The Morgan fingerprint density at radius 2 is 1.94 bits per heavy atom. The summed E-state index contributed by atoms with van der Waals surface area (Å²) in [5.74, 6) is 0.500. The highest BCUT2D eigenvalue weighted by molar-refractivity contribution is 6.03. The highest BCUT2D eigenvalue weighted by atomic mass is 16.2. The van der Waals surface area contributed by atoms with Crippen LogP contribution < -0.4 is 5.43 Å². The summed E-state index contributed by atoms with van der Waals surface area (Å²) < 4.78 is 0. The number of urea groups is 1. The van der Waals surface area contributed by atoms with E-state index >= 15 is 0 Å². The summed E-state index contributed by atoms with van der Waals surface area (Å²) in [6, 6.07) is 9.81. The van der Waals surface area contributed by atoms with Gasteiger partial charge < -0.3 is 4.90 Å². The molecule has 1 aromatic rings. The monoisotopic (exact) mass is 231 g/mol. The second-order valence-electron chi connectivity index (χ2n) is 4.45. The molecule has 2 rings (SSSR count). The van der Waals surface area contributed by atoms with Gasteiger partial charge in [0.15, 0.2) is 0 Å². The van der Waals surface area contributed by atoms with Gasteiger partial charge in [0.05, 0.1) is 5.71 Å². The molecule has 1 saturated carbocycles. The Morgan fingerprint density at radius 3 is 2.47 bits per heavy atom. The van der Waals surface area contributed by atoms with Crippen LogP contribution in [0.4, 0.5) is 4.79 Å². The molecule has 2 amide bonds. The van der Waals surface area contributed by atoms with Gasteiger partial charge in [0.2, 0.25) is 0 Å². The van der Waals surface area contributed by atoms with Crippen LogP contribution in [-0.4, -0.2) is 30.7 Å². The molecule has 1 aliphatic carbocycles. The summed E-state index contributed by atoms with van der Waals surface area (Å²) in [5.41, 5.74) is 4.66. The van der Waals surface area contributed by atoms with Gasteiger partial charge in [0.1, 0.15) is 0 Å². The predicted octanol–water partition coefficient (Wildman–Crippen LogP) is 2.07. The molecule has 0 aliphatic heterocycles. The zero-order valence-electron chi connectivity index (χ0n) is 10.2. The minimum Gasteiger partial charge on any atom is -0.329 e. The number of amides is 2. The van der Waals surface area contributed by atoms with E-state index in [1.165, 1.54) is 4.90 Å². The van der Waals surface area contributed by atoms with E-state index in [-0.39, 0.29) is 6.03 Å². The molecule has 17 heavy (non-hydrogen) atoms. The lowest BCUT2D eigenvalue weighted by atomic mass is 10.1. The fourth-order valence-electron chi connectivity index (χ4n) is 1.57. The lowest BCUT2D eigenvalue weighted by Crippen LogP contribution is -2.32. The van der Waals surface area contributed by atoms with Gasteiger partial charge in [-0.25, -0.2) is 10.2 Å². The van der Waals surface area contributed by atoms with Crippen molar-refractivity contribution >= 4 is 11.7 Å². The van der Waals surface area contributed by atoms with Gasteiger partial charge in [-0.1, -0.05) is 30.3 Å². The number of nitrogens with zero attached hydrogens (tertiary/aromatic N) is 2. The third-order valence-corrected chi connectivity index (χ3v) is 2.71. The highest BCUT2D eigenvalue weighted by Crippen LogP contribution is 2.33. The Balaban J connectivity index is 2.13. The molecule has 1 aromatic carbocycles. The molecule has 0 saturated heterocycles. The number of carbonyl (C=O) groups is 1. The second kappa shape index (κ2) is 4.99. The molecular formula is C13H17N3O. The Bertz CT molecular complexity index is 422. The highest BCUT2D eigenvalue weighted by Gasteiger charge is 2.28. The standard InChI is InChI=1S/C13H17N3O/c1-16(2)13(17)15-14-12(11-8-9-11)10-6-4-3-5-7-10/h3-7,11H,8-9H2,1-2H3,(H,15,17). The van der Waals surface area contributed by atoms with Crippen LogP contribution in [0.3, 0.4) is 0 Å². The smallest absolute Gasteiger partial charge is 0.329 e. The van der Waals surface area contributed by atoms with Crippen LogP contribution in [0.15, 0.2) is 35.4 Å². The predicted molar refractivity (Wildman–Crippen MR) is 67.9 cm³/mol. The number of carbonyl (C=O) groups excluding carboxylic acids is 1. The first-order valence-electron chi connectivity index (χ1n) is 5.79. The van der Waals surface area contributed by atoms with E-state index < -0.39 is 0 Å². The summed E-state index contributed by atoms with van der Waals surface area (Å²) in [7, 11) is 3.40. The van der Waals surface area contributed by atoms with E-state index in [0.29, 0.717) is 5.92 Å². The van der Waals surface area contributed by atoms with Crippen molar-refractivity contribution in [2.75, 3.05) is 14.1 Å². The molecule has 0 spiro atoms. The quantitative estimate of drug-likeness (QED) is 0.628. The number of hydrogen-bond donors (Lipinski definition) is 1. The molecule has 0 radical (unpaired) electrons. The normalized spacial score (nSPS) is 15.5. The first-order valence-corrected chi connectivity index (χ1v) is 5.79. The molecule has 4 nitrogen and oxygen atoms in total. The molecule has 1 fully saturated rings. The zero-order valence-corrected chi connectivity index (χ0v) is 10.2. The van der Waals surface area contributed by atoms with Gasteiger partial charge in [-0.3, -0.25) is 0 Å². The Kier molecular flexibility index (Phi) is 3.42. The number of hydrazone groups is 1. The van der Waals surface area contributed by atoms with Crippen molar-refractivity contribution < 1.29 is 4.79 Å². The molecular weight excluding hydrogens is 214 g/mol. The van der Waals surface area contributed by atoms with E-state index in [4.69, 9.17) is 0 Å². The molecule has 0 aromatic heterocycles. The number of rotatable bonds is 3. The van der Waals surface area contributed by atoms with Gasteiger partial charge in [-0.15, -0.1) is 0 Å². The van der Waals surface area contributed by atoms with Crippen LogP contribution in [0.5, 0.6) is 0 Å². The van der Waals surface area contributed by atoms with Crippen molar-refractivity contribution in [2.45, 2.75) is 12.8 Å². The van der Waals surface area contributed by atoms with Crippen LogP contribution in [0.25, 0.3) is 0 Å². The van der Waals surface area contributed by atoms with Gasteiger partial charge in [0.25, 0.3) is 0 Å². The summed E-state index contributed by atoms with van der Waals surface area (Å²) in [6.45, 7) is 0. The van der Waals surface area contributed by atoms with Gasteiger partial charge in [-0.05, 0) is 18.4 Å². The molecule has 0 unspecified atom stereocenters. The maximum Gasteiger partial charge on any atom is 0.337 e. The number of nitrogens with one attached hydrogen (secondary N) is 1. The summed E-state index contributed by atoms with van der Waals surface area (Å²) in [4.78, 5) is 12.9. The fraction of sp³-hybridized carbons (Fsp3) is 0.385. The van der Waals surface area contributed by atoms with Gasteiger partial charge in [0, 0.05) is 20.0 Å². The maximum absolute atomic E-state index is 11.4. The van der Waals surface area contributed by atoms with Crippen LogP contribution in [0.2, 0.25) is 0 Å². The molecule has 0 atom stereocenters. The van der Waals surface area contributed by atoms with Crippen molar-refractivity contribution in [2.24, 2.45) is 11.0 Å². The number of hydrogen-bond acceptors (Lipinski definition) is 2. The first kappa shape index (κ1) is 11.6. The lowest BCUT2D eigenvalue weighted by molar-refractivity contribution is 0.218. The molecule has 0 heterocycles. The van der Waals surface area contributed by atoms with Crippen molar-refractivity contribution in [3.05, 3.63) is 35.9 Å². The second-order valence-corrected chi connectivity index (χ2v) is 4.45.